The van der Waals surface area contributed by atoms with Gasteiger partial charge >= 0.3 is 0 Å². The van der Waals surface area contributed by atoms with Gasteiger partial charge < -0.3 is 4.74 Å². The van der Waals surface area contributed by atoms with Gasteiger partial charge in [0.25, 0.3) is 0 Å². The van der Waals surface area contributed by atoms with Crippen molar-refractivity contribution in [1.29, 1.82) is 0 Å². The Kier molecular flexibility index (Phi) is 2.33. The first-order chi connectivity index (χ1) is 6.12. The van der Waals surface area contributed by atoms with E-state index in [4.69, 9.17) is 4.74 Å². The number of rotatable bonds is 0. The van der Waals surface area contributed by atoms with Gasteiger partial charge in [-0.25, -0.2) is 13.1 Å². The first-order valence-corrected chi connectivity index (χ1v) is 6.39. The molecule has 1 N–H and O–H groups in total. The van der Waals surface area contributed by atoms with Crippen LogP contribution >= 0.6 is 0 Å². The Hall–Kier alpha value is -0.130. The maximum atomic E-state index is 11.0. The Balaban J connectivity index is 2.03. The highest BCUT2D eigenvalue weighted by molar-refractivity contribution is 7.89. The molecule has 1 aliphatic heterocycles. The highest BCUT2D eigenvalue weighted by Gasteiger charge is 2.38. The van der Waals surface area contributed by atoms with Crippen LogP contribution in [0.1, 0.15) is 32.1 Å². The molecular weight excluding hydrogens is 190 g/mol. The minimum absolute atomic E-state index is 0.160. The van der Waals surface area contributed by atoms with Crippen molar-refractivity contribution in [2.75, 3.05) is 12.5 Å². The summed E-state index contributed by atoms with van der Waals surface area (Å²) in [5.74, 6) is -0.160. The molecule has 4 nitrogen and oxygen atoms in total. The average molecular weight is 205 g/mol. The molecule has 1 saturated heterocycles. The van der Waals surface area contributed by atoms with Gasteiger partial charge in [-0.05, 0) is 12.8 Å². The van der Waals surface area contributed by atoms with E-state index in [0.717, 1.165) is 25.7 Å². The number of ether oxygens (including phenoxy) is 1. The normalized spacial score (nSPS) is 31.7. The van der Waals surface area contributed by atoms with Crippen LogP contribution in [0.25, 0.3) is 0 Å². The lowest BCUT2D eigenvalue weighted by Gasteiger charge is -2.40. The number of hydrogen-bond acceptors (Lipinski definition) is 3. The second kappa shape index (κ2) is 3.22. The summed E-state index contributed by atoms with van der Waals surface area (Å²) in [4.78, 5) is 0. The predicted molar refractivity (Wildman–Crippen MR) is 48.7 cm³/mol. The van der Waals surface area contributed by atoms with E-state index in [-0.39, 0.29) is 11.5 Å². The van der Waals surface area contributed by atoms with Crippen molar-refractivity contribution in [3.8, 4) is 0 Å². The fourth-order valence-corrected chi connectivity index (χ4v) is 3.03. The smallest absolute Gasteiger partial charge is 0.235 e. The second-order valence-electron chi connectivity index (χ2n) is 3.94. The summed E-state index contributed by atoms with van der Waals surface area (Å²) in [6.45, 7) is 0.468. The third-order valence-electron chi connectivity index (χ3n) is 2.90. The molecule has 0 atom stereocenters. The molecule has 0 amide bonds. The Labute approximate surface area is 78.7 Å². The van der Waals surface area contributed by atoms with Crippen molar-refractivity contribution < 1.29 is 13.2 Å². The molecule has 0 unspecified atom stereocenters. The Bertz CT molecular complexity index is 264. The Morgan fingerprint density at radius 3 is 2.38 bits per heavy atom. The van der Waals surface area contributed by atoms with Crippen molar-refractivity contribution in [2.45, 2.75) is 37.7 Å². The largest absolute Gasteiger partial charge is 0.356 e. The monoisotopic (exact) mass is 205 g/mol. The van der Waals surface area contributed by atoms with E-state index in [1.165, 1.54) is 6.42 Å². The minimum atomic E-state index is -3.13. The fraction of sp³-hybridized carbons (Fsp3) is 1.00. The van der Waals surface area contributed by atoms with Gasteiger partial charge in [-0.1, -0.05) is 19.3 Å². The molecule has 2 fully saturated rings. The maximum absolute atomic E-state index is 11.0. The molecule has 1 saturated carbocycles. The molecule has 0 radical (unpaired) electrons. The van der Waals surface area contributed by atoms with Gasteiger partial charge in [-0.2, -0.15) is 0 Å². The van der Waals surface area contributed by atoms with Gasteiger partial charge in [-0.15, -0.1) is 0 Å². The van der Waals surface area contributed by atoms with Gasteiger partial charge in [0.15, 0.2) is 5.94 Å². The summed E-state index contributed by atoms with van der Waals surface area (Å²) in [6, 6.07) is 0. The highest BCUT2D eigenvalue weighted by atomic mass is 32.2. The molecule has 5 heteroatoms. The van der Waals surface area contributed by atoms with Gasteiger partial charge in [0.2, 0.25) is 10.0 Å². The molecule has 0 aromatic rings. The van der Waals surface area contributed by atoms with E-state index >= 15 is 0 Å². The summed E-state index contributed by atoms with van der Waals surface area (Å²) in [7, 11) is -3.13. The Morgan fingerprint density at radius 2 is 1.85 bits per heavy atom. The zero-order valence-electron chi connectivity index (χ0n) is 7.58. The highest BCUT2D eigenvalue weighted by Crippen LogP contribution is 2.33. The summed E-state index contributed by atoms with van der Waals surface area (Å²) >= 11 is 0. The SMILES string of the molecule is O=S1(=O)COC2(CCCCC2)CN1. The van der Waals surface area contributed by atoms with Crippen molar-refractivity contribution in [2.24, 2.45) is 0 Å². The fourth-order valence-electron chi connectivity index (χ4n) is 2.05. The molecule has 76 valence electrons. The van der Waals surface area contributed by atoms with Crippen LogP contribution in [-0.4, -0.2) is 26.5 Å². The molecular formula is C8H15NO3S. The lowest BCUT2D eigenvalue weighted by Crippen LogP contribution is -2.52. The van der Waals surface area contributed by atoms with E-state index in [9.17, 15) is 8.42 Å². The standard InChI is InChI=1S/C8H15NO3S/c10-13(11)7-12-8(6-9-13)4-2-1-3-5-8/h9H,1-7H2. The minimum Gasteiger partial charge on any atom is -0.356 e. The zero-order valence-corrected chi connectivity index (χ0v) is 8.40. The van der Waals surface area contributed by atoms with Crippen molar-refractivity contribution in [1.82, 2.24) is 4.72 Å². The van der Waals surface area contributed by atoms with E-state index < -0.39 is 10.0 Å². The van der Waals surface area contributed by atoms with Gasteiger partial charge in [0.05, 0.1) is 5.60 Å². The van der Waals surface area contributed by atoms with Crippen LogP contribution in [0.3, 0.4) is 0 Å². The third kappa shape index (κ3) is 2.03. The number of hydrogen-bond donors (Lipinski definition) is 1. The number of sulfonamides is 1. The molecule has 1 spiro atoms. The average Bonchev–Trinajstić information content (AvgIpc) is 2.13. The lowest BCUT2D eigenvalue weighted by atomic mass is 9.85. The second-order valence-corrected chi connectivity index (χ2v) is 5.70. The third-order valence-corrected chi connectivity index (χ3v) is 3.91. The molecule has 2 rings (SSSR count). The van der Waals surface area contributed by atoms with Crippen molar-refractivity contribution >= 4 is 10.0 Å². The predicted octanol–water partition coefficient (Wildman–Crippen LogP) is 0.596. The van der Waals surface area contributed by atoms with E-state index in [2.05, 4.69) is 4.72 Å². The maximum Gasteiger partial charge on any atom is 0.235 e. The first kappa shape index (κ1) is 9.43. The van der Waals surface area contributed by atoms with E-state index in [0.29, 0.717) is 6.54 Å². The quantitative estimate of drug-likeness (QED) is 0.630. The van der Waals surface area contributed by atoms with Crippen LogP contribution in [0.5, 0.6) is 0 Å². The molecule has 0 aromatic carbocycles. The lowest BCUT2D eigenvalue weighted by molar-refractivity contribution is -0.0530. The summed E-state index contributed by atoms with van der Waals surface area (Å²) in [5.41, 5.74) is -0.177. The zero-order chi connectivity index (χ0) is 9.36. The van der Waals surface area contributed by atoms with Crippen LogP contribution in [0.4, 0.5) is 0 Å². The topological polar surface area (TPSA) is 55.4 Å². The van der Waals surface area contributed by atoms with E-state index in [1.54, 1.807) is 0 Å². The van der Waals surface area contributed by atoms with Gasteiger partial charge in [0.1, 0.15) is 0 Å². The Morgan fingerprint density at radius 1 is 1.15 bits per heavy atom. The van der Waals surface area contributed by atoms with Crippen molar-refractivity contribution in [3.05, 3.63) is 0 Å². The summed E-state index contributed by atoms with van der Waals surface area (Å²) in [5, 5.41) is 0. The van der Waals surface area contributed by atoms with Crippen molar-refractivity contribution in [3.63, 3.8) is 0 Å². The van der Waals surface area contributed by atoms with Gasteiger partial charge in [0, 0.05) is 6.54 Å². The summed E-state index contributed by atoms with van der Waals surface area (Å²) < 4.78 is 30.1. The molecule has 0 aromatic heterocycles. The number of nitrogens with one attached hydrogen (secondary N) is 1. The molecule has 1 aliphatic carbocycles. The summed E-state index contributed by atoms with van der Waals surface area (Å²) in [6.07, 6.45) is 5.55. The molecule has 13 heavy (non-hydrogen) atoms. The first-order valence-electron chi connectivity index (χ1n) is 4.73. The van der Waals surface area contributed by atoms with Crippen LogP contribution in [0.2, 0.25) is 0 Å². The van der Waals surface area contributed by atoms with Crippen LogP contribution in [-0.2, 0) is 14.8 Å². The van der Waals surface area contributed by atoms with Crippen LogP contribution in [0.15, 0.2) is 0 Å². The van der Waals surface area contributed by atoms with Gasteiger partial charge in [-0.3, -0.25) is 0 Å². The molecule has 0 bridgehead atoms. The molecule has 2 aliphatic rings. The molecule has 1 heterocycles. The van der Waals surface area contributed by atoms with E-state index in [1.807, 2.05) is 0 Å². The van der Waals surface area contributed by atoms with Crippen LogP contribution < -0.4 is 4.72 Å². The van der Waals surface area contributed by atoms with Crippen LogP contribution in [0, 0.1) is 0 Å².